The van der Waals surface area contributed by atoms with Crippen molar-refractivity contribution in [1.82, 2.24) is 9.80 Å². The molecule has 43 heavy (non-hydrogen) atoms. The molecule has 3 fully saturated rings. The predicted molar refractivity (Wildman–Crippen MR) is 154 cm³/mol. The first-order valence-electron chi connectivity index (χ1n) is 15.3. The van der Waals surface area contributed by atoms with Gasteiger partial charge in [0.05, 0.1) is 11.6 Å². The maximum atomic E-state index is 16.2. The maximum Gasteiger partial charge on any atom is 0.255 e. The van der Waals surface area contributed by atoms with Gasteiger partial charge in [-0.15, -0.1) is 0 Å². The minimum atomic E-state index is -2.72. The van der Waals surface area contributed by atoms with E-state index in [1.165, 1.54) is 50.7 Å². The summed E-state index contributed by atoms with van der Waals surface area (Å²) in [5.41, 5.74) is 1.63. The Hall–Kier alpha value is -3.28. The lowest BCUT2D eigenvalue weighted by molar-refractivity contribution is -0.153. The number of nitrogens with zero attached hydrogens (tertiary/aromatic N) is 2. The number of likely N-dealkylation sites (tertiary alicyclic amines) is 1. The van der Waals surface area contributed by atoms with Crippen molar-refractivity contribution in [2.24, 2.45) is 29.4 Å². The van der Waals surface area contributed by atoms with Gasteiger partial charge in [-0.2, -0.15) is 0 Å². The Morgan fingerprint density at radius 3 is 2.33 bits per heavy atom. The third-order valence-corrected chi connectivity index (χ3v) is 10.8. The quantitative estimate of drug-likeness (QED) is 0.321. The Balaban J connectivity index is 1.34. The summed E-state index contributed by atoms with van der Waals surface area (Å²) in [7, 11) is 3.07. The molecule has 11 heteroatoms. The first kappa shape index (κ1) is 29.8. The average molecular weight is 598 g/mol. The SMILES string of the molecule is CN(C)[C@@H]1C(=O)C(C(N)=O)=C(O)[C@@]2(O)C(=O)C3=C(O)c4c(O)cc(CN5CCC(C6CCCC6)CC5)c(F)c4C[C@H]3C[C@@H]12. The number of amides is 1. The number of halogens is 1. The fourth-order valence-corrected chi connectivity index (χ4v) is 8.71. The maximum absolute atomic E-state index is 16.2. The monoisotopic (exact) mass is 597 g/mol. The highest BCUT2D eigenvalue weighted by molar-refractivity contribution is 6.24. The van der Waals surface area contributed by atoms with Gasteiger partial charge in [0.25, 0.3) is 5.91 Å². The minimum Gasteiger partial charge on any atom is -0.508 e. The number of ketones is 2. The van der Waals surface area contributed by atoms with Crippen molar-refractivity contribution in [1.29, 1.82) is 0 Å². The Bertz CT molecular complexity index is 1450. The second kappa shape index (κ2) is 10.7. The number of aliphatic hydroxyl groups excluding tert-OH is 2. The molecule has 0 unspecified atom stereocenters. The summed E-state index contributed by atoms with van der Waals surface area (Å²) < 4.78 is 16.2. The van der Waals surface area contributed by atoms with Gasteiger partial charge in [-0.05, 0) is 76.7 Å². The van der Waals surface area contributed by atoms with Gasteiger partial charge in [-0.3, -0.25) is 24.2 Å². The molecule has 1 aliphatic heterocycles. The number of aromatic hydroxyl groups is 1. The number of phenolic OH excluding ortho intramolecular Hbond substituents is 1. The minimum absolute atomic E-state index is 0.0640. The van der Waals surface area contributed by atoms with Crippen molar-refractivity contribution in [2.75, 3.05) is 27.2 Å². The Morgan fingerprint density at radius 1 is 1.09 bits per heavy atom. The number of hydrogen-bond donors (Lipinski definition) is 5. The molecule has 10 nitrogen and oxygen atoms in total. The number of likely N-dealkylation sites (N-methyl/N-ethyl adjacent to an activating group) is 1. The molecule has 1 aromatic carbocycles. The van der Waals surface area contributed by atoms with Crippen molar-refractivity contribution in [3.05, 3.63) is 45.5 Å². The number of rotatable bonds is 5. The molecule has 2 saturated carbocycles. The summed E-state index contributed by atoms with van der Waals surface area (Å²) in [6.45, 7) is 1.99. The summed E-state index contributed by atoms with van der Waals surface area (Å²) in [5, 5.41) is 44.9. The molecule has 1 amide bonds. The van der Waals surface area contributed by atoms with E-state index in [0.29, 0.717) is 18.0 Å². The molecule has 232 valence electrons. The van der Waals surface area contributed by atoms with Crippen molar-refractivity contribution in [2.45, 2.75) is 69.6 Å². The summed E-state index contributed by atoms with van der Waals surface area (Å²) >= 11 is 0. The van der Waals surface area contributed by atoms with Crippen molar-refractivity contribution < 1.29 is 39.2 Å². The highest BCUT2D eigenvalue weighted by Crippen LogP contribution is 2.53. The molecule has 1 saturated heterocycles. The number of carbonyl (C=O) groups excluding carboxylic acids is 3. The average Bonchev–Trinajstić information content (AvgIpc) is 3.48. The van der Waals surface area contributed by atoms with E-state index in [2.05, 4.69) is 4.90 Å². The van der Waals surface area contributed by atoms with Crippen LogP contribution in [0.4, 0.5) is 4.39 Å². The van der Waals surface area contributed by atoms with E-state index in [0.717, 1.165) is 31.8 Å². The van der Waals surface area contributed by atoms with Crippen LogP contribution in [0.25, 0.3) is 5.76 Å². The molecule has 1 heterocycles. The highest BCUT2D eigenvalue weighted by atomic mass is 19.1. The van der Waals surface area contributed by atoms with Gasteiger partial charge in [0.2, 0.25) is 5.78 Å². The zero-order valence-electron chi connectivity index (χ0n) is 24.6. The van der Waals surface area contributed by atoms with Crippen LogP contribution in [0.3, 0.4) is 0 Å². The molecular formula is C32H40FN3O7. The molecule has 6 N–H and O–H groups in total. The number of benzene rings is 1. The van der Waals surface area contributed by atoms with Gasteiger partial charge < -0.3 is 26.2 Å². The van der Waals surface area contributed by atoms with Gasteiger partial charge in [0, 0.05) is 29.2 Å². The molecule has 0 aromatic heterocycles. The summed E-state index contributed by atoms with van der Waals surface area (Å²) in [6, 6.07) is 0.0949. The number of nitrogens with two attached hydrogens (primary N) is 1. The van der Waals surface area contributed by atoms with Gasteiger partial charge in [0.1, 0.15) is 28.7 Å². The van der Waals surface area contributed by atoms with E-state index in [4.69, 9.17) is 5.73 Å². The van der Waals surface area contributed by atoms with E-state index >= 15 is 4.39 Å². The molecule has 4 aliphatic carbocycles. The van der Waals surface area contributed by atoms with Crippen LogP contribution in [0.1, 0.15) is 61.6 Å². The van der Waals surface area contributed by atoms with Crippen LogP contribution in [0.2, 0.25) is 0 Å². The number of hydrogen-bond acceptors (Lipinski definition) is 9. The van der Waals surface area contributed by atoms with Crippen molar-refractivity contribution in [3.63, 3.8) is 0 Å². The molecule has 5 aliphatic rings. The van der Waals surface area contributed by atoms with E-state index in [1.54, 1.807) is 0 Å². The molecule has 0 spiro atoms. The first-order chi connectivity index (χ1) is 20.4. The fourth-order valence-electron chi connectivity index (χ4n) is 8.71. The molecule has 1 aromatic rings. The molecule has 0 bridgehead atoms. The summed E-state index contributed by atoms with van der Waals surface area (Å²) in [4.78, 5) is 42.9. The van der Waals surface area contributed by atoms with Crippen LogP contribution < -0.4 is 5.73 Å². The standard InChI is InChI=1S/C32H40FN3O7/c1-35(2)26-20-12-17-11-19-23(27(38)22(17)29(40)32(20,43)30(41)24(28(26)39)31(34)42)21(37)13-18(25(19)33)14-36-9-7-16(8-10-36)15-5-3-4-6-15/h13,15-17,20,26,37-38,41,43H,3-12,14H2,1-2H3,(H2,34,42)/t17-,20-,26-,32-/m0/s1. The highest BCUT2D eigenvalue weighted by Gasteiger charge is 2.64. The lowest BCUT2D eigenvalue weighted by Crippen LogP contribution is -2.65. The van der Waals surface area contributed by atoms with E-state index < -0.39 is 63.9 Å². The van der Waals surface area contributed by atoms with Crippen LogP contribution in [0, 0.1) is 29.5 Å². The number of primary amides is 1. The summed E-state index contributed by atoms with van der Waals surface area (Å²) in [6.07, 6.45) is 7.19. The van der Waals surface area contributed by atoms with E-state index in [1.807, 2.05) is 0 Å². The Labute approximate surface area is 249 Å². The second-order valence-electron chi connectivity index (χ2n) is 13.3. The Kier molecular flexibility index (Phi) is 7.42. The zero-order chi connectivity index (χ0) is 31.0. The lowest BCUT2D eigenvalue weighted by Gasteiger charge is -2.50. The third-order valence-electron chi connectivity index (χ3n) is 10.8. The second-order valence-corrected chi connectivity index (χ2v) is 13.3. The number of phenols is 1. The number of Topliss-reactive ketones (excluding diaryl/α,β-unsaturated/α-hetero) is 2. The van der Waals surface area contributed by atoms with Crippen LogP contribution in [0.15, 0.2) is 23.0 Å². The van der Waals surface area contributed by atoms with Crippen LogP contribution >= 0.6 is 0 Å². The molecule has 6 rings (SSSR count). The van der Waals surface area contributed by atoms with Crippen LogP contribution in [-0.2, 0) is 27.3 Å². The van der Waals surface area contributed by atoms with Gasteiger partial charge >= 0.3 is 0 Å². The topological polar surface area (TPSA) is 165 Å². The molecular weight excluding hydrogens is 557 g/mol. The summed E-state index contributed by atoms with van der Waals surface area (Å²) in [5.74, 6) is -6.53. The molecule has 4 atom stereocenters. The largest absolute Gasteiger partial charge is 0.508 e. The van der Waals surface area contributed by atoms with Gasteiger partial charge in [-0.1, -0.05) is 25.7 Å². The smallest absolute Gasteiger partial charge is 0.255 e. The Morgan fingerprint density at radius 2 is 1.72 bits per heavy atom. The number of fused-ring (bicyclic) bond motifs is 3. The van der Waals surface area contributed by atoms with Gasteiger partial charge in [0.15, 0.2) is 11.4 Å². The number of piperidine rings is 1. The third kappa shape index (κ3) is 4.50. The predicted octanol–water partition coefficient (Wildman–Crippen LogP) is 2.51. The molecule has 0 radical (unpaired) electrons. The first-order valence-corrected chi connectivity index (χ1v) is 15.3. The number of aliphatic hydroxyl groups is 3. The van der Waals surface area contributed by atoms with Crippen molar-refractivity contribution in [3.8, 4) is 5.75 Å². The normalized spacial score (nSPS) is 30.6. The lowest BCUT2D eigenvalue weighted by atomic mass is 9.57. The van der Waals surface area contributed by atoms with Crippen LogP contribution in [-0.4, -0.2) is 86.5 Å². The van der Waals surface area contributed by atoms with E-state index in [9.17, 15) is 34.8 Å². The fraction of sp³-hybridized carbons (Fsp3) is 0.594. The van der Waals surface area contributed by atoms with Gasteiger partial charge in [-0.25, -0.2) is 4.39 Å². The number of carbonyl (C=O) groups is 3. The van der Waals surface area contributed by atoms with Crippen molar-refractivity contribution >= 4 is 23.2 Å². The van der Waals surface area contributed by atoms with Crippen LogP contribution in [0.5, 0.6) is 5.75 Å². The zero-order valence-corrected chi connectivity index (χ0v) is 24.6. The van der Waals surface area contributed by atoms with E-state index in [-0.39, 0.29) is 35.3 Å².